The van der Waals surface area contributed by atoms with Gasteiger partial charge in [0.05, 0.1) is 16.5 Å². The van der Waals surface area contributed by atoms with E-state index in [2.05, 4.69) is 0 Å². The molecule has 0 aliphatic heterocycles. The van der Waals surface area contributed by atoms with Gasteiger partial charge < -0.3 is 10.6 Å². The van der Waals surface area contributed by atoms with E-state index in [1.165, 1.54) is 29.2 Å². The van der Waals surface area contributed by atoms with Crippen LogP contribution < -0.4 is 10.6 Å². The summed E-state index contributed by atoms with van der Waals surface area (Å²) in [4.78, 5) is 25.1. The molecule has 0 unspecified atom stereocenters. The fourth-order valence-corrected chi connectivity index (χ4v) is 2.48. The minimum atomic E-state index is -0.524. The summed E-state index contributed by atoms with van der Waals surface area (Å²) in [6.45, 7) is 0.112. The molecule has 0 bridgehead atoms. The topological polar surface area (TPSA) is 63.4 Å². The van der Waals surface area contributed by atoms with Crippen molar-refractivity contribution in [3.63, 3.8) is 0 Å². The van der Waals surface area contributed by atoms with E-state index in [4.69, 9.17) is 28.9 Å². The molecule has 126 valence electrons. The Balaban J connectivity index is 2.21. The highest BCUT2D eigenvalue weighted by Crippen LogP contribution is 2.24. The highest BCUT2D eigenvalue weighted by Gasteiger charge is 2.17. The highest BCUT2D eigenvalue weighted by molar-refractivity contribution is 6.42. The van der Waals surface area contributed by atoms with Crippen LogP contribution in [0.1, 0.15) is 12.0 Å². The van der Waals surface area contributed by atoms with Crippen LogP contribution in [0.3, 0.4) is 0 Å². The maximum absolute atomic E-state index is 13.1. The monoisotopic (exact) mass is 368 g/mol. The van der Waals surface area contributed by atoms with Crippen LogP contribution in [0.15, 0.2) is 42.5 Å². The molecule has 24 heavy (non-hydrogen) atoms. The van der Waals surface area contributed by atoms with Crippen molar-refractivity contribution < 1.29 is 14.0 Å². The number of carbonyl (C=O) groups excluding carboxylic acids is 2. The van der Waals surface area contributed by atoms with Gasteiger partial charge in [0.2, 0.25) is 11.8 Å². The number of hydrogen-bond acceptors (Lipinski definition) is 2. The summed E-state index contributed by atoms with van der Waals surface area (Å²) >= 11 is 11.8. The number of nitrogens with two attached hydrogens (primary N) is 1. The van der Waals surface area contributed by atoms with Crippen LogP contribution in [0.5, 0.6) is 0 Å². The second-order valence-corrected chi connectivity index (χ2v) is 5.98. The third kappa shape index (κ3) is 4.94. The third-order valence-corrected chi connectivity index (χ3v) is 4.10. The summed E-state index contributed by atoms with van der Waals surface area (Å²) in [6.07, 6.45) is 0.0670. The molecule has 0 heterocycles. The highest BCUT2D eigenvalue weighted by atomic mass is 35.5. The fourth-order valence-electron chi connectivity index (χ4n) is 2.16. The predicted octanol–water partition coefficient (Wildman–Crippen LogP) is 3.58. The standard InChI is InChI=1S/C17H15Cl2FN2O2/c18-14-6-1-11(9-15(14)19)10-17(24)22(8-7-16(21)23)13-4-2-12(20)3-5-13/h1-6,9H,7-8,10H2,(H2,21,23). The van der Waals surface area contributed by atoms with Crippen LogP contribution in [0, 0.1) is 5.82 Å². The molecule has 2 amide bonds. The van der Waals surface area contributed by atoms with Gasteiger partial charge in [-0.2, -0.15) is 0 Å². The van der Waals surface area contributed by atoms with E-state index in [-0.39, 0.29) is 25.3 Å². The van der Waals surface area contributed by atoms with Crippen molar-refractivity contribution in [1.29, 1.82) is 0 Å². The first-order valence-electron chi connectivity index (χ1n) is 7.15. The summed E-state index contributed by atoms with van der Waals surface area (Å²) in [5.74, 6) is -1.20. The van der Waals surface area contributed by atoms with E-state index in [1.807, 2.05) is 0 Å². The third-order valence-electron chi connectivity index (χ3n) is 3.36. The van der Waals surface area contributed by atoms with Crippen molar-refractivity contribution in [3.8, 4) is 0 Å². The van der Waals surface area contributed by atoms with Gasteiger partial charge in [-0.3, -0.25) is 9.59 Å². The Morgan fingerprint density at radius 2 is 1.71 bits per heavy atom. The molecule has 2 aromatic rings. The zero-order valence-corrected chi connectivity index (χ0v) is 14.1. The Bertz CT molecular complexity index is 751. The minimum Gasteiger partial charge on any atom is -0.370 e. The summed E-state index contributed by atoms with van der Waals surface area (Å²) in [6, 6.07) is 10.4. The Kier molecular flexibility index (Phi) is 6.17. The van der Waals surface area contributed by atoms with E-state index in [9.17, 15) is 14.0 Å². The van der Waals surface area contributed by atoms with Gasteiger partial charge in [-0.25, -0.2) is 4.39 Å². The minimum absolute atomic E-state index is 0.00445. The second kappa shape index (κ2) is 8.13. The number of hydrogen-bond donors (Lipinski definition) is 1. The first kappa shape index (κ1) is 18.2. The Labute approximate surface area is 149 Å². The van der Waals surface area contributed by atoms with Gasteiger partial charge in [-0.05, 0) is 42.0 Å². The summed E-state index contributed by atoms with van der Waals surface area (Å²) < 4.78 is 13.1. The first-order chi connectivity index (χ1) is 11.4. The molecule has 0 fully saturated rings. The van der Waals surface area contributed by atoms with E-state index >= 15 is 0 Å². The molecule has 7 heteroatoms. The van der Waals surface area contributed by atoms with Crippen molar-refractivity contribution >= 4 is 40.7 Å². The largest absolute Gasteiger partial charge is 0.370 e. The van der Waals surface area contributed by atoms with Gasteiger partial charge in [-0.15, -0.1) is 0 Å². The number of anilines is 1. The van der Waals surface area contributed by atoms with E-state index in [0.29, 0.717) is 21.3 Å². The number of nitrogens with zero attached hydrogens (tertiary/aromatic N) is 1. The Morgan fingerprint density at radius 1 is 1.04 bits per heavy atom. The van der Waals surface area contributed by atoms with Crippen LogP contribution in [0.25, 0.3) is 0 Å². The lowest BCUT2D eigenvalue weighted by molar-refractivity contribution is -0.118. The molecule has 2 rings (SSSR count). The number of halogens is 3. The first-order valence-corrected chi connectivity index (χ1v) is 7.90. The predicted molar refractivity (Wildman–Crippen MR) is 92.7 cm³/mol. The normalized spacial score (nSPS) is 10.5. The molecule has 4 nitrogen and oxygen atoms in total. The van der Waals surface area contributed by atoms with Crippen LogP contribution in [0.2, 0.25) is 10.0 Å². The van der Waals surface area contributed by atoms with Crippen LogP contribution >= 0.6 is 23.2 Å². The van der Waals surface area contributed by atoms with Gasteiger partial charge in [-0.1, -0.05) is 29.3 Å². The SMILES string of the molecule is NC(=O)CCN(C(=O)Cc1ccc(Cl)c(Cl)c1)c1ccc(F)cc1. The molecule has 2 N–H and O–H groups in total. The zero-order chi connectivity index (χ0) is 17.7. The van der Waals surface area contributed by atoms with E-state index < -0.39 is 11.7 Å². The second-order valence-electron chi connectivity index (χ2n) is 5.16. The average Bonchev–Trinajstić information content (AvgIpc) is 2.52. The zero-order valence-electron chi connectivity index (χ0n) is 12.6. The molecule has 0 aliphatic rings. The number of primary amides is 1. The van der Waals surface area contributed by atoms with Crippen molar-refractivity contribution in [2.24, 2.45) is 5.73 Å². The smallest absolute Gasteiger partial charge is 0.231 e. The molecule has 2 aromatic carbocycles. The maximum Gasteiger partial charge on any atom is 0.231 e. The van der Waals surface area contributed by atoms with Crippen LogP contribution in [-0.4, -0.2) is 18.4 Å². The van der Waals surface area contributed by atoms with E-state index in [0.717, 1.165) is 0 Å². The van der Waals surface area contributed by atoms with Crippen molar-refractivity contribution in [2.45, 2.75) is 12.8 Å². The van der Waals surface area contributed by atoms with Gasteiger partial charge in [0.15, 0.2) is 0 Å². The number of benzene rings is 2. The van der Waals surface area contributed by atoms with Gasteiger partial charge in [0.1, 0.15) is 5.82 Å². The molecular weight excluding hydrogens is 354 g/mol. The quantitative estimate of drug-likeness (QED) is 0.846. The number of carbonyl (C=O) groups is 2. The molecule has 0 aliphatic carbocycles. The maximum atomic E-state index is 13.1. The van der Waals surface area contributed by atoms with Crippen molar-refractivity contribution in [1.82, 2.24) is 0 Å². The fraction of sp³-hybridized carbons (Fsp3) is 0.176. The number of amides is 2. The lowest BCUT2D eigenvalue weighted by atomic mass is 10.1. The van der Waals surface area contributed by atoms with Gasteiger partial charge in [0, 0.05) is 18.7 Å². The molecular formula is C17H15Cl2FN2O2. The summed E-state index contributed by atoms with van der Waals surface area (Å²) in [5.41, 5.74) is 6.33. The van der Waals surface area contributed by atoms with E-state index in [1.54, 1.807) is 18.2 Å². The van der Waals surface area contributed by atoms with Gasteiger partial charge >= 0.3 is 0 Å². The van der Waals surface area contributed by atoms with Crippen LogP contribution in [0.4, 0.5) is 10.1 Å². The van der Waals surface area contributed by atoms with Gasteiger partial charge in [0.25, 0.3) is 0 Å². The summed E-state index contributed by atoms with van der Waals surface area (Å²) in [7, 11) is 0. The number of rotatable bonds is 6. The Hall–Kier alpha value is -2.11. The Morgan fingerprint density at radius 3 is 2.29 bits per heavy atom. The molecule has 0 saturated heterocycles. The molecule has 0 saturated carbocycles. The van der Waals surface area contributed by atoms with Crippen molar-refractivity contribution in [2.75, 3.05) is 11.4 Å². The summed E-state index contributed by atoms with van der Waals surface area (Å²) in [5, 5.41) is 0.754. The molecule has 0 aromatic heterocycles. The van der Waals surface area contributed by atoms with Crippen LogP contribution in [-0.2, 0) is 16.0 Å². The average molecular weight is 369 g/mol. The van der Waals surface area contributed by atoms with Crippen molar-refractivity contribution in [3.05, 3.63) is 63.9 Å². The molecule has 0 atom stereocenters. The lowest BCUT2D eigenvalue weighted by Gasteiger charge is -2.22. The molecule has 0 radical (unpaired) electrons. The lowest BCUT2D eigenvalue weighted by Crippen LogP contribution is -2.35. The molecule has 0 spiro atoms.